The van der Waals surface area contributed by atoms with Gasteiger partial charge in [0.25, 0.3) is 17.9 Å². The lowest BCUT2D eigenvalue weighted by atomic mass is 10.00. The van der Waals surface area contributed by atoms with Crippen LogP contribution in [0.15, 0.2) is 12.2 Å². The zero-order valence-electron chi connectivity index (χ0n) is 12.0. The summed E-state index contributed by atoms with van der Waals surface area (Å²) in [6, 6.07) is 0. The quantitative estimate of drug-likeness (QED) is 0.316. The maximum Gasteiger partial charge on any atom is 0.300 e. The molecule has 0 amide bonds. The van der Waals surface area contributed by atoms with Crippen LogP contribution in [0.2, 0.25) is 0 Å². The predicted molar refractivity (Wildman–Crippen MR) is 71.7 cm³/mol. The van der Waals surface area contributed by atoms with Gasteiger partial charge in [-0.3, -0.25) is 14.4 Å². The Morgan fingerprint density at radius 1 is 0.810 bits per heavy atom. The number of aliphatic hydroxyl groups is 3. The van der Waals surface area contributed by atoms with Gasteiger partial charge in [-0.25, -0.2) is 0 Å². The van der Waals surface area contributed by atoms with Crippen molar-refractivity contribution in [2.45, 2.75) is 45.5 Å². The SMILES string of the molecule is CC(=O)O.CC(=O)O.CC(=O)O.O[C@@H]1C=C[C@H](O)[C@@H](O)C1. The topological polar surface area (TPSA) is 173 Å². The van der Waals surface area contributed by atoms with E-state index in [1.165, 1.54) is 12.2 Å². The molecule has 0 radical (unpaired) electrons. The smallest absolute Gasteiger partial charge is 0.300 e. The third kappa shape index (κ3) is 38.1. The highest BCUT2D eigenvalue weighted by Gasteiger charge is 2.20. The Morgan fingerprint density at radius 2 is 1.10 bits per heavy atom. The number of hydrogen-bond acceptors (Lipinski definition) is 6. The number of carbonyl (C=O) groups is 3. The molecule has 0 aromatic heterocycles. The van der Waals surface area contributed by atoms with E-state index in [2.05, 4.69) is 0 Å². The number of aliphatic hydroxyl groups excluding tert-OH is 3. The molecule has 0 bridgehead atoms. The van der Waals surface area contributed by atoms with Gasteiger partial charge in [-0.15, -0.1) is 0 Å². The van der Waals surface area contributed by atoms with Gasteiger partial charge in [-0.05, 0) is 0 Å². The summed E-state index contributed by atoms with van der Waals surface area (Å²) in [5, 5.41) is 48.8. The van der Waals surface area contributed by atoms with E-state index >= 15 is 0 Å². The van der Waals surface area contributed by atoms with Crippen LogP contribution in [0.5, 0.6) is 0 Å². The van der Waals surface area contributed by atoms with Crippen molar-refractivity contribution in [1.82, 2.24) is 0 Å². The van der Waals surface area contributed by atoms with Crippen LogP contribution in [0.1, 0.15) is 27.2 Å². The molecule has 0 unspecified atom stereocenters. The first-order valence-corrected chi connectivity index (χ1v) is 5.71. The second-order valence-electron chi connectivity index (χ2n) is 3.80. The maximum atomic E-state index is 9.00. The van der Waals surface area contributed by atoms with Crippen molar-refractivity contribution in [2.75, 3.05) is 0 Å². The van der Waals surface area contributed by atoms with Crippen molar-refractivity contribution >= 4 is 17.9 Å². The summed E-state index contributed by atoms with van der Waals surface area (Å²) in [6.07, 6.45) is 0.926. The Bertz CT molecular complexity index is 297. The van der Waals surface area contributed by atoms with E-state index in [1.54, 1.807) is 0 Å². The molecule has 9 nitrogen and oxygen atoms in total. The van der Waals surface area contributed by atoms with Gasteiger partial charge in [-0.2, -0.15) is 0 Å². The van der Waals surface area contributed by atoms with E-state index in [0.717, 1.165) is 20.8 Å². The van der Waals surface area contributed by atoms with Crippen LogP contribution >= 0.6 is 0 Å². The maximum absolute atomic E-state index is 9.00. The molecule has 0 aromatic carbocycles. The number of rotatable bonds is 0. The predicted octanol–water partition coefficient (Wildman–Crippen LogP) is -0.698. The van der Waals surface area contributed by atoms with Crippen molar-refractivity contribution in [2.24, 2.45) is 0 Å². The normalized spacial score (nSPS) is 22.1. The number of carboxylic acid groups (broad SMARTS) is 3. The van der Waals surface area contributed by atoms with Gasteiger partial charge in [0.1, 0.15) is 0 Å². The molecule has 0 spiro atoms. The van der Waals surface area contributed by atoms with E-state index in [9.17, 15) is 0 Å². The Kier molecular flexibility index (Phi) is 16.6. The molecule has 1 rings (SSSR count). The first-order valence-electron chi connectivity index (χ1n) is 5.71. The van der Waals surface area contributed by atoms with Crippen molar-refractivity contribution < 1.29 is 45.0 Å². The van der Waals surface area contributed by atoms with E-state index in [4.69, 9.17) is 45.0 Å². The van der Waals surface area contributed by atoms with Crippen molar-refractivity contribution in [3.05, 3.63) is 12.2 Å². The van der Waals surface area contributed by atoms with Gasteiger partial charge < -0.3 is 30.6 Å². The van der Waals surface area contributed by atoms with Gasteiger partial charge in [0, 0.05) is 27.2 Å². The van der Waals surface area contributed by atoms with E-state index < -0.39 is 36.2 Å². The van der Waals surface area contributed by atoms with E-state index in [-0.39, 0.29) is 6.42 Å². The third-order valence-electron chi connectivity index (χ3n) is 1.41. The van der Waals surface area contributed by atoms with Crippen LogP contribution in [0.3, 0.4) is 0 Å². The molecule has 0 saturated carbocycles. The highest BCUT2D eigenvalue weighted by atomic mass is 16.4. The van der Waals surface area contributed by atoms with Crippen LogP contribution < -0.4 is 0 Å². The van der Waals surface area contributed by atoms with E-state index in [1.807, 2.05) is 0 Å². The second kappa shape index (κ2) is 14.4. The fraction of sp³-hybridized carbons (Fsp3) is 0.583. The molecule has 0 saturated heterocycles. The minimum Gasteiger partial charge on any atom is -0.481 e. The molecular weight excluding hydrogens is 288 g/mol. The Labute approximate surface area is 121 Å². The highest BCUT2D eigenvalue weighted by Crippen LogP contribution is 2.11. The fourth-order valence-electron chi connectivity index (χ4n) is 0.836. The fourth-order valence-corrected chi connectivity index (χ4v) is 0.836. The zero-order valence-corrected chi connectivity index (χ0v) is 12.0. The highest BCUT2D eigenvalue weighted by molar-refractivity contribution is 5.63. The molecule has 1 aliphatic rings. The molecule has 3 atom stereocenters. The summed E-state index contributed by atoms with van der Waals surface area (Å²) < 4.78 is 0. The standard InChI is InChI=1S/C6H10O3.3C2H4O2/c7-4-1-2-5(8)6(9)3-4;3*1-2(3)4/h1-2,4-9H,3H2;3*1H3,(H,3,4)/t4-,5+,6+;;;/m1.../s1. The van der Waals surface area contributed by atoms with Gasteiger partial charge in [-0.1, -0.05) is 12.2 Å². The van der Waals surface area contributed by atoms with Crippen molar-refractivity contribution in [3.63, 3.8) is 0 Å². The lowest BCUT2D eigenvalue weighted by Gasteiger charge is -2.20. The summed E-state index contributed by atoms with van der Waals surface area (Å²) in [6.45, 7) is 3.25. The van der Waals surface area contributed by atoms with Gasteiger partial charge in [0.15, 0.2) is 0 Å². The molecule has 9 heteroatoms. The molecule has 6 N–H and O–H groups in total. The molecule has 0 aromatic rings. The Hall–Kier alpha value is -1.97. The minimum atomic E-state index is -0.833. The van der Waals surface area contributed by atoms with Crippen molar-refractivity contribution in [3.8, 4) is 0 Å². The summed E-state index contributed by atoms with van der Waals surface area (Å²) in [4.78, 5) is 27.0. The number of aliphatic carboxylic acids is 3. The first-order chi connectivity index (χ1) is 9.39. The molecular formula is C12H22O9. The third-order valence-corrected chi connectivity index (χ3v) is 1.41. The Balaban J connectivity index is -0.000000230. The first kappa shape index (κ1) is 24.1. The molecule has 21 heavy (non-hydrogen) atoms. The Morgan fingerprint density at radius 3 is 1.29 bits per heavy atom. The van der Waals surface area contributed by atoms with Crippen LogP contribution in [-0.2, 0) is 14.4 Å². The van der Waals surface area contributed by atoms with Crippen LogP contribution in [-0.4, -0.2) is 66.9 Å². The summed E-state index contributed by atoms with van der Waals surface area (Å²) in [5.41, 5.74) is 0. The lowest BCUT2D eigenvalue weighted by molar-refractivity contribution is -0.135. The summed E-state index contributed by atoms with van der Waals surface area (Å²) in [5.74, 6) is -2.50. The second-order valence-corrected chi connectivity index (χ2v) is 3.80. The molecule has 1 aliphatic carbocycles. The van der Waals surface area contributed by atoms with E-state index in [0.29, 0.717) is 0 Å². The summed E-state index contributed by atoms with van der Waals surface area (Å²) >= 11 is 0. The van der Waals surface area contributed by atoms with Gasteiger partial charge in [0.05, 0.1) is 18.3 Å². The number of hydrogen-bond donors (Lipinski definition) is 6. The lowest BCUT2D eigenvalue weighted by Crippen LogP contribution is -2.31. The van der Waals surface area contributed by atoms with Gasteiger partial charge in [0.2, 0.25) is 0 Å². The van der Waals surface area contributed by atoms with Crippen LogP contribution in [0.25, 0.3) is 0 Å². The average molecular weight is 310 g/mol. The molecule has 0 aliphatic heterocycles. The molecule has 0 heterocycles. The largest absolute Gasteiger partial charge is 0.481 e. The average Bonchev–Trinajstić information content (AvgIpc) is 2.21. The van der Waals surface area contributed by atoms with Crippen LogP contribution in [0, 0.1) is 0 Å². The van der Waals surface area contributed by atoms with Crippen molar-refractivity contribution in [1.29, 1.82) is 0 Å². The number of carboxylic acids is 3. The van der Waals surface area contributed by atoms with Gasteiger partial charge >= 0.3 is 0 Å². The monoisotopic (exact) mass is 310 g/mol. The molecule has 0 fully saturated rings. The van der Waals surface area contributed by atoms with Crippen LogP contribution in [0.4, 0.5) is 0 Å². The summed E-state index contributed by atoms with van der Waals surface area (Å²) in [7, 11) is 0. The minimum absolute atomic E-state index is 0.234. The molecule has 124 valence electrons. The zero-order chi connectivity index (χ0) is 17.6.